The Morgan fingerprint density at radius 3 is 1.50 bits per heavy atom. The predicted octanol–water partition coefficient (Wildman–Crippen LogP) is 0.982. The third kappa shape index (κ3) is 22400. The number of hydrogen-bond acceptors (Lipinski definition) is 2. The molecule has 0 fully saturated rings. The Morgan fingerprint density at radius 2 is 1.50 bits per heavy atom. The predicted molar refractivity (Wildman–Crippen MR) is 38.3 cm³/mol. The minimum atomic E-state index is 0. The number of nitrogens with two attached hydrogens (primary N) is 1. The minimum Gasteiger partial charge on any atom is -0.331 e. The third-order valence-electron chi connectivity index (χ3n) is 0. The first kappa shape index (κ1) is 15.7. The summed E-state index contributed by atoms with van der Waals surface area (Å²) in [6, 6.07) is 0. The summed E-state index contributed by atoms with van der Waals surface area (Å²) >= 11 is 0. The van der Waals surface area contributed by atoms with Gasteiger partial charge in [0, 0.05) is 0 Å². The Hall–Kier alpha value is -0.0800. The van der Waals surface area contributed by atoms with E-state index in [4.69, 9.17) is 5.73 Å². The van der Waals surface area contributed by atoms with E-state index in [0.717, 1.165) is 6.54 Å². The number of carbonyl (C=O) groups excluding carboxylic acids is 1. The number of hydrogen-bond donors (Lipinski definition) is 1. The van der Waals surface area contributed by atoms with Crippen molar-refractivity contribution in [3.05, 3.63) is 0 Å². The summed E-state index contributed by atoms with van der Waals surface area (Å²) < 4.78 is 0. The number of Topliss-reactive ketones (excluding diaryl/α,β-unsaturated/α-hetero) is 1. The highest BCUT2D eigenvalue weighted by atomic mass is 35.5. The molecule has 0 aliphatic heterocycles. The Bertz CT molecular complexity index is 43.7. The van der Waals surface area contributed by atoms with E-state index in [1.807, 2.05) is 6.92 Å². The van der Waals surface area contributed by atoms with Gasteiger partial charge in [0.05, 0.1) is 0 Å². The Morgan fingerprint density at radius 1 is 1.50 bits per heavy atom. The van der Waals surface area contributed by atoms with Crippen LogP contribution in [-0.2, 0) is 4.79 Å². The molecule has 52 valence electrons. The molecule has 0 spiro atoms. The summed E-state index contributed by atoms with van der Waals surface area (Å²) in [6.07, 6.45) is 0. The summed E-state index contributed by atoms with van der Waals surface area (Å²) in [5.41, 5.74) is 4.85. The molecule has 0 saturated heterocycles. The molecule has 0 amide bonds. The van der Waals surface area contributed by atoms with Crippen LogP contribution in [0.3, 0.4) is 0 Å². The smallest absolute Gasteiger partial charge is 0.126 e. The van der Waals surface area contributed by atoms with Crippen LogP contribution in [0.15, 0.2) is 0 Å². The maximum Gasteiger partial charge on any atom is 0.126 e. The SMILES string of the molecule is CC(C)=O.CCN.Cl. The highest BCUT2D eigenvalue weighted by Gasteiger charge is 1.62. The molecule has 0 unspecified atom stereocenters. The first-order valence-electron chi connectivity index (χ1n) is 2.32. The molecule has 0 aliphatic rings. The van der Waals surface area contributed by atoms with Crippen LogP contribution in [0.5, 0.6) is 0 Å². The summed E-state index contributed by atoms with van der Waals surface area (Å²) in [4.78, 5) is 9.44. The van der Waals surface area contributed by atoms with Crippen molar-refractivity contribution in [2.24, 2.45) is 5.73 Å². The Balaban J connectivity index is -0.0000000575. The number of ketones is 1. The molecule has 0 aliphatic carbocycles. The van der Waals surface area contributed by atoms with Gasteiger partial charge >= 0.3 is 0 Å². The molecule has 2 nitrogen and oxygen atoms in total. The standard InChI is InChI=1S/C3H6O.C2H7N.ClH/c1-3(2)4;1-2-3;/h1-2H3;2-3H2,1H3;1H. The van der Waals surface area contributed by atoms with Crippen molar-refractivity contribution in [1.82, 2.24) is 0 Å². The van der Waals surface area contributed by atoms with Gasteiger partial charge in [0.25, 0.3) is 0 Å². The van der Waals surface area contributed by atoms with Crippen molar-refractivity contribution in [3.8, 4) is 0 Å². The van der Waals surface area contributed by atoms with Crippen LogP contribution in [0.2, 0.25) is 0 Å². The van der Waals surface area contributed by atoms with Crippen LogP contribution in [-0.4, -0.2) is 12.3 Å². The summed E-state index contributed by atoms with van der Waals surface area (Å²) in [5.74, 6) is 0.167. The molecule has 0 rings (SSSR count). The third-order valence-corrected chi connectivity index (χ3v) is 0. The van der Waals surface area contributed by atoms with Crippen LogP contribution in [0, 0.1) is 0 Å². The molecule has 0 aromatic carbocycles. The van der Waals surface area contributed by atoms with E-state index >= 15 is 0 Å². The van der Waals surface area contributed by atoms with Crippen LogP contribution in [0.4, 0.5) is 0 Å². The first-order chi connectivity index (χ1) is 3.15. The zero-order valence-electron chi connectivity index (χ0n) is 5.60. The summed E-state index contributed by atoms with van der Waals surface area (Å²) in [7, 11) is 0. The number of halogens is 1. The average molecular weight is 140 g/mol. The van der Waals surface area contributed by atoms with Crippen LogP contribution >= 0.6 is 12.4 Å². The van der Waals surface area contributed by atoms with E-state index in [9.17, 15) is 4.79 Å². The van der Waals surface area contributed by atoms with Crippen molar-refractivity contribution in [2.75, 3.05) is 6.54 Å². The zero-order valence-corrected chi connectivity index (χ0v) is 6.42. The van der Waals surface area contributed by atoms with Gasteiger partial charge in [0.2, 0.25) is 0 Å². The highest BCUT2D eigenvalue weighted by molar-refractivity contribution is 5.85. The molecule has 0 heterocycles. The highest BCUT2D eigenvalue weighted by Crippen LogP contribution is 1.50. The zero-order chi connectivity index (χ0) is 6.28. The maximum atomic E-state index is 9.44. The summed E-state index contributed by atoms with van der Waals surface area (Å²) in [5, 5.41) is 0. The fraction of sp³-hybridized carbons (Fsp3) is 0.800. The largest absolute Gasteiger partial charge is 0.331 e. The summed E-state index contributed by atoms with van der Waals surface area (Å²) in [6.45, 7) is 5.71. The van der Waals surface area contributed by atoms with Crippen molar-refractivity contribution in [2.45, 2.75) is 20.8 Å². The van der Waals surface area contributed by atoms with Gasteiger partial charge in [-0.25, -0.2) is 0 Å². The molecule has 2 N–H and O–H groups in total. The lowest BCUT2D eigenvalue weighted by molar-refractivity contribution is -0.114. The van der Waals surface area contributed by atoms with E-state index < -0.39 is 0 Å². The molecule has 3 heteroatoms. The molecular weight excluding hydrogens is 126 g/mol. The first-order valence-corrected chi connectivity index (χ1v) is 2.32. The molecular formula is C5H14ClNO. The lowest BCUT2D eigenvalue weighted by Crippen LogP contribution is -1.87. The molecule has 8 heavy (non-hydrogen) atoms. The van der Waals surface area contributed by atoms with Gasteiger partial charge in [0.1, 0.15) is 5.78 Å². The van der Waals surface area contributed by atoms with Crippen molar-refractivity contribution >= 4 is 18.2 Å². The van der Waals surface area contributed by atoms with Gasteiger partial charge in [-0.05, 0) is 20.4 Å². The van der Waals surface area contributed by atoms with E-state index in [1.54, 1.807) is 0 Å². The maximum absolute atomic E-state index is 9.44. The van der Waals surface area contributed by atoms with Crippen LogP contribution in [0.1, 0.15) is 20.8 Å². The second-order valence-corrected chi connectivity index (χ2v) is 1.32. The Kier molecular flexibility index (Phi) is 30.9. The fourth-order valence-electron chi connectivity index (χ4n) is 0. The van der Waals surface area contributed by atoms with E-state index in [2.05, 4.69) is 0 Å². The van der Waals surface area contributed by atoms with E-state index in [0.29, 0.717) is 0 Å². The van der Waals surface area contributed by atoms with Gasteiger partial charge in [-0.3, -0.25) is 0 Å². The van der Waals surface area contributed by atoms with Crippen LogP contribution < -0.4 is 5.73 Å². The lowest BCUT2D eigenvalue weighted by atomic mass is 10.6. The molecule has 0 saturated carbocycles. The molecule has 0 radical (unpaired) electrons. The van der Waals surface area contributed by atoms with E-state index in [-0.39, 0.29) is 18.2 Å². The van der Waals surface area contributed by atoms with Crippen molar-refractivity contribution in [1.29, 1.82) is 0 Å². The Labute approximate surface area is 56.9 Å². The van der Waals surface area contributed by atoms with Crippen molar-refractivity contribution < 1.29 is 4.79 Å². The van der Waals surface area contributed by atoms with Gasteiger partial charge < -0.3 is 10.5 Å². The number of rotatable bonds is 0. The van der Waals surface area contributed by atoms with E-state index in [1.165, 1.54) is 13.8 Å². The van der Waals surface area contributed by atoms with Gasteiger partial charge in [-0.1, -0.05) is 6.92 Å². The van der Waals surface area contributed by atoms with Gasteiger partial charge in [0.15, 0.2) is 0 Å². The van der Waals surface area contributed by atoms with Gasteiger partial charge in [-0.15, -0.1) is 12.4 Å². The van der Waals surface area contributed by atoms with Crippen LogP contribution in [0.25, 0.3) is 0 Å². The second kappa shape index (κ2) is 15.8. The minimum absolute atomic E-state index is 0. The quantitative estimate of drug-likeness (QED) is 0.544. The lowest BCUT2D eigenvalue weighted by Gasteiger charge is -1.56. The molecule has 0 bridgehead atoms. The topological polar surface area (TPSA) is 43.1 Å². The fourth-order valence-corrected chi connectivity index (χ4v) is 0. The number of carbonyl (C=O) groups is 1. The molecule has 0 aromatic heterocycles. The molecule has 0 atom stereocenters. The van der Waals surface area contributed by atoms with Gasteiger partial charge in [-0.2, -0.15) is 0 Å². The monoisotopic (exact) mass is 139 g/mol. The normalized spacial score (nSPS) is 5.50. The average Bonchev–Trinajstić information content (AvgIpc) is 1.33. The molecule has 0 aromatic rings. The second-order valence-electron chi connectivity index (χ2n) is 1.32. The van der Waals surface area contributed by atoms with Crippen molar-refractivity contribution in [3.63, 3.8) is 0 Å².